The zero-order chi connectivity index (χ0) is 26.9. The molecule has 2 atom stereocenters. The summed E-state index contributed by atoms with van der Waals surface area (Å²) in [5, 5.41) is 5.10. The van der Waals surface area contributed by atoms with Crippen molar-refractivity contribution in [3.63, 3.8) is 0 Å². The Bertz CT molecular complexity index is 1360. The number of rotatable bonds is 11. The minimum atomic E-state index is -0.686. The molecule has 1 N–H and O–H groups in total. The van der Waals surface area contributed by atoms with Gasteiger partial charge in [0.2, 0.25) is 5.91 Å². The molecule has 196 valence electrons. The highest BCUT2D eigenvalue weighted by atomic mass is 16.5. The van der Waals surface area contributed by atoms with E-state index in [-0.39, 0.29) is 24.5 Å². The third kappa shape index (κ3) is 6.80. The Morgan fingerprint density at radius 1 is 0.868 bits per heavy atom. The summed E-state index contributed by atoms with van der Waals surface area (Å²) in [5.74, 6) is 0.257. The molecule has 0 aliphatic heterocycles. The van der Waals surface area contributed by atoms with E-state index in [1.54, 1.807) is 4.90 Å². The molecule has 0 heterocycles. The number of nitrogens with one attached hydrogen (secondary N) is 1. The predicted molar refractivity (Wildman–Crippen MR) is 153 cm³/mol. The Morgan fingerprint density at radius 3 is 2.32 bits per heavy atom. The fraction of sp³-hybridized carbons (Fsp3) is 0.273. The maximum absolute atomic E-state index is 13.9. The highest BCUT2D eigenvalue weighted by molar-refractivity contribution is 5.90. The van der Waals surface area contributed by atoms with Crippen LogP contribution in [-0.2, 0) is 22.6 Å². The number of ether oxygens (including phenoxy) is 1. The zero-order valence-electron chi connectivity index (χ0n) is 22.4. The number of carbonyl (C=O) groups is 2. The molecule has 0 saturated carbocycles. The van der Waals surface area contributed by atoms with E-state index in [2.05, 4.69) is 5.32 Å². The van der Waals surface area contributed by atoms with E-state index in [9.17, 15) is 9.59 Å². The van der Waals surface area contributed by atoms with Crippen LogP contribution in [0.5, 0.6) is 5.75 Å². The van der Waals surface area contributed by atoms with Gasteiger partial charge in [-0.15, -0.1) is 0 Å². The number of amides is 2. The number of hydrogen-bond acceptors (Lipinski definition) is 3. The number of hydrogen-bond donors (Lipinski definition) is 1. The molecule has 0 aromatic heterocycles. The summed E-state index contributed by atoms with van der Waals surface area (Å²) in [6.07, 6.45) is 1.22. The largest absolute Gasteiger partial charge is 0.483 e. The van der Waals surface area contributed by atoms with Gasteiger partial charge in [0.05, 0.1) is 0 Å². The second-order valence-corrected chi connectivity index (χ2v) is 9.74. The Balaban J connectivity index is 1.66. The van der Waals surface area contributed by atoms with Crippen LogP contribution in [0.4, 0.5) is 0 Å². The fourth-order valence-electron chi connectivity index (χ4n) is 4.51. The lowest BCUT2D eigenvalue weighted by molar-refractivity contribution is -0.143. The molecule has 0 bridgehead atoms. The maximum Gasteiger partial charge on any atom is 0.261 e. The van der Waals surface area contributed by atoms with Crippen LogP contribution >= 0.6 is 0 Å². The molecule has 4 aromatic rings. The molecule has 0 aliphatic carbocycles. The first-order valence-electron chi connectivity index (χ1n) is 13.2. The monoisotopic (exact) mass is 508 g/mol. The standard InChI is InChI=1S/C33H36N2O3/c1-4-25(3)34-33(37)30(21-26-14-6-5-7-15-26)35(22-28-17-9-8-13-24(28)2)32(36)23-38-31-20-12-18-27-16-10-11-19-29(27)31/h5-20,25,30H,4,21-23H2,1-3H3,(H,34,37)/t25-,30-/m0/s1. The van der Waals surface area contributed by atoms with Crippen molar-refractivity contribution in [1.82, 2.24) is 10.2 Å². The number of carbonyl (C=O) groups excluding carboxylic acids is 2. The van der Waals surface area contributed by atoms with Gasteiger partial charge in [0.15, 0.2) is 6.61 Å². The van der Waals surface area contributed by atoms with E-state index in [1.807, 2.05) is 118 Å². The number of aryl methyl sites for hydroxylation is 1. The van der Waals surface area contributed by atoms with Crippen molar-refractivity contribution in [1.29, 1.82) is 0 Å². The highest BCUT2D eigenvalue weighted by Crippen LogP contribution is 2.25. The summed E-state index contributed by atoms with van der Waals surface area (Å²) in [5.41, 5.74) is 3.07. The Hall–Kier alpha value is -4.12. The van der Waals surface area contributed by atoms with Crippen molar-refractivity contribution >= 4 is 22.6 Å². The summed E-state index contributed by atoms with van der Waals surface area (Å²) in [7, 11) is 0. The quantitative estimate of drug-likeness (QED) is 0.267. The van der Waals surface area contributed by atoms with Gasteiger partial charge >= 0.3 is 0 Å². The molecule has 0 unspecified atom stereocenters. The third-order valence-corrected chi connectivity index (χ3v) is 6.97. The maximum atomic E-state index is 13.9. The van der Waals surface area contributed by atoms with Crippen LogP contribution in [0.15, 0.2) is 97.1 Å². The summed E-state index contributed by atoms with van der Waals surface area (Å²) in [4.78, 5) is 29.2. The molecule has 4 aromatic carbocycles. The predicted octanol–water partition coefficient (Wildman–Crippen LogP) is 6.08. The van der Waals surface area contributed by atoms with E-state index in [4.69, 9.17) is 4.74 Å². The molecular formula is C33H36N2O3. The summed E-state index contributed by atoms with van der Waals surface area (Å²) in [6.45, 7) is 6.19. The fourth-order valence-corrected chi connectivity index (χ4v) is 4.51. The molecule has 0 spiro atoms. The van der Waals surface area contributed by atoms with Crippen molar-refractivity contribution < 1.29 is 14.3 Å². The molecule has 4 rings (SSSR count). The van der Waals surface area contributed by atoms with Gasteiger partial charge in [0.1, 0.15) is 11.8 Å². The first kappa shape index (κ1) is 26.9. The van der Waals surface area contributed by atoms with Crippen LogP contribution in [0.3, 0.4) is 0 Å². The van der Waals surface area contributed by atoms with Gasteiger partial charge in [-0.25, -0.2) is 0 Å². The highest BCUT2D eigenvalue weighted by Gasteiger charge is 2.31. The van der Waals surface area contributed by atoms with E-state index < -0.39 is 6.04 Å². The van der Waals surface area contributed by atoms with Gasteiger partial charge in [-0.1, -0.05) is 97.9 Å². The van der Waals surface area contributed by atoms with E-state index in [0.29, 0.717) is 18.7 Å². The van der Waals surface area contributed by atoms with Gasteiger partial charge in [-0.3, -0.25) is 9.59 Å². The van der Waals surface area contributed by atoms with Crippen molar-refractivity contribution in [2.24, 2.45) is 0 Å². The van der Waals surface area contributed by atoms with Crippen molar-refractivity contribution in [2.75, 3.05) is 6.61 Å². The minimum Gasteiger partial charge on any atom is -0.483 e. The van der Waals surface area contributed by atoms with Crippen molar-refractivity contribution in [3.05, 3.63) is 114 Å². The van der Waals surface area contributed by atoms with Crippen LogP contribution < -0.4 is 10.1 Å². The van der Waals surface area contributed by atoms with Crippen LogP contribution in [-0.4, -0.2) is 35.4 Å². The van der Waals surface area contributed by atoms with Gasteiger partial charge in [0.25, 0.3) is 5.91 Å². The Kier molecular flexibility index (Phi) is 9.15. The minimum absolute atomic E-state index is 0.00289. The van der Waals surface area contributed by atoms with E-state index >= 15 is 0 Å². The number of nitrogens with zero attached hydrogens (tertiary/aromatic N) is 1. The van der Waals surface area contributed by atoms with E-state index in [0.717, 1.165) is 33.9 Å². The van der Waals surface area contributed by atoms with Gasteiger partial charge < -0.3 is 15.0 Å². The Morgan fingerprint density at radius 2 is 1.55 bits per heavy atom. The van der Waals surface area contributed by atoms with Crippen molar-refractivity contribution in [2.45, 2.75) is 52.2 Å². The normalized spacial score (nSPS) is 12.5. The lowest BCUT2D eigenvalue weighted by Crippen LogP contribution is -2.53. The molecule has 0 aliphatic rings. The third-order valence-electron chi connectivity index (χ3n) is 6.97. The van der Waals surface area contributed by atoms with E-state index in [1.165, 1.54) is 0 Å². The first-order valence-corrected chi connectivity index (χ1v) is 13.2. The van der Waals surface area contributed by atoms with Crippen molar-refractivity contribution in [3.8, 4) is 5.75 Å². The first-order chi connectivity index (χ1) is 18.5. The molecule has 5 heteroatoms. The average molecular weight is 509 g/mol. The van der Waals surface area contributed by atoms with Crippen LogP contribution in [0.1, 0.15) is 37.0 Å². The lowest BCUT2D eigenvalue weighted by atomic mass is 10.0. The summed E-state index contributed by atoms with van der Waals surface area (Å²) in [6, 6.07) is 30.9. The topological polar surface area (TPSA) is 58.6 Å². The molecule has 38 heavy (non-hydrogen) atoms. The molecular weight excluding hydrogens is 472 g/mol. The number of benzene rings is 4. The van der Waals surface area contributed by atoms with Gasteiger partial charge in [0, 0.05) is 24.4 Å². The molecule has 5 nitrogen and oxygen atoms in total. The molecule has 0 radical (unpaired) electrons. The van der Waals surface area contributed by atoms with Crippen LogP contribution in [0, 0.1) is 6.92 Å². The second-order valence-electron chi connectivity index (χ2n) is 9.74. The number of fused-ring (bicyclic) bond motifs is 1. The van der Waals surface area contributed by atoms with Gasteiger partial charge in [-0.05, 0) is 48.4 Å². The second kappa shape index (κ2) is 12.9. The van der Waals surface area contributed by atoms with Crippen LogP contribution in [0.25, 0.3) is 10.8 Å². The van der Waals surface area contributed by atoms with Crippen LogP contribution in [0.2, 0.25) is 0 Å². The molecule has 0 fully saturated rings. The zero-order valence-corrected chi connectivity index (χ0v) is 22.4. The molecule has 0 saturated heterocycles. The van der Waals surface area contributed by atoms with Gasteiger partial charge in [-0.2, -0.15) is 0 Å². The lowest BCUT2D eigenvalue weighted by Gasteiger charge is -2.32. The SMILES string of the molecule is CC[C@H](C)NC(=O)[C@H](Cc1ccccc1)N(Cc1ccccc1C)C(=O)COc1cccc2ccccc12. The smallest absolute Gasteiger partial charge is 0.261 e. The summed E-state index contributed by atoms with van der Waals surface area (Å²) < 4.78 is 6.09. The summed E-state index contributed by atoms with van der Waals surface area (Å²) >= 11 is 0. The Labute approximate surface area is 225 Å². The molecule has 2 amide bonds. The average Bonchev–Trinajstić information content (AvgIpc) is 2.94.